The van der Waals surface area contributed by atoms with Gasteiger partial charge in [-0.1, -0.05) is 17.8 Å². The first-order valence-electron chi connectivity index (χ1n) is 13.7. The van der Waals surface area contributed by atoms with E-state index in [1.54, 1.807) is 54.8 Å². The molecule has 0 bridgehead atoms. The number of rotatable bonds is 11. The van der Waals surface area contributed by atoms with Crippen molar-refractivity contribution in [2.24, 2.45) is 0 Å². The highest BCUT2D eigenvalue weighted by molar-refractivity contribution is 8.00. The zero-order chi connectivity index (χ0) is 30.5. The number of hydrogen-bond acceptors (Lipinski definition) is 9. The van der Waals surface area contributed by atoms with Crippen LogP contribution in [0.1, 0.15) is 57.2 Å². The van der Waals surface area contributed by atoms with E-state index in [4.69, 9.17) is 9.47 Å². The fourth-order valence-electron chi connectivity index (χ4n) is 4.70. The van der Waals surface area contributed by atoms with Gasteiger partial charge < -0.3 is 20.1 Å². The second-order valence-electron chi connectivity index (χ2n) is 9.66. The Kier molecular flexibility index (Phi) is 9.41. The summed E-state index contributed by atoms with van der Waals surface area (Å²) >= 11 is 2.56. The number of amides is 2. The smallest absolute Gasteiger partial charge is 0.341 e. The number of methoxy groups -OCH3 is 1. The van der Waals surface area contributed by atoms with Crippen LogP contribution in [0.4, 0.5) is 9.39 Å². The van der Waals surface area contributed by atoms with E-state index in [0.717, 1.165) is 41.5 Å². The fraction of sp³-hybridized carbons (Fsp3) is 0.300. The van der Waals surface area contributed by atoms with Crippen LogP contribution in [0.25, 0.3) is 5.69 Å². The second kappa shape index (κ2) is 13.4. The van der Waals surface area contributed by atoms with E-state index in [0.29, 0.717) is 38.5 Å². The van der Waals surface area contributed by atoms with Gasteiger partial charge in [0, 0.05) is 16.1 Å². The van der Waals surface area contributed by atoms with Crippen molar-refractivity contribution in [3.63, 3.8) is 0 Å². The predicted molar refractivity (Wildman–Crippen MR) is 162 cm³/mol. The van der Waals surface area contributed by atoms with Gasteiger partial charge in [0.2, 0.25) is 5.91 Å². The van der Waals surface area contributed by atoms with Gasteiger partial charge in [-0.25, -0.2) is 9.18 Å². The number of nitrogens with zero attached hydrogens (tertiary/aromatic N) is 3. The summed E-state index contributed by atoms with van der Waals surface area (Å²) in [7, 11) is 1.52. The molecular weight excluding hydrogens is 593 g/mol. The standard InChI is InChI=1S/C30H30FN5O5S2/c1-4-41-29(39)25-22-9-6-10-23(22)43-28(25)33-26(37)17(2)42-30-35-34-24(36(30)20-13-11-19(31)12-14-20)16-32-27(38)18-7-5-8-21(15-18)40-3/h5,7-8,11-15,17H,4,6,9-10,16H2,1-3H3,(H,32,38)(H,33,37)/t17-/m1/s1. The maximum absolute atomic E-state index is 13.8. The van der Waals surface area contributed by atoms with Crippen molar-refractivity contribution in [3.05, 3.63) is 81.7 Å². The quantitative estimate of drug-likeness (QED) is 0.173. The topological polar surface area (TPSA) is 124 Å². The van der Waals surface area contributed by atoms with Crippen LogP contribution >= 0.6 is 23.1 Å². The van der Waals surface area contributed by atoms with E-state index in [1.807, 2.05) is 0 Å². The molecule has 2 aromatic carbocycles. The normalized spacial score (nSPS) is 12.8. The molecule has 224 valence electrons. The number of esters is 1. The summed E-state index contributed by atoms with van der Waals surface area (Å²) in [5.74, 6) is -0.570. The Labute approximate surface area is 256 Å². The average molecular weight is 624 g/mol. The minimum Gasteiger partial charge on any atom is -0.497 e. The Balaban J connectivity index is 1.35. The summed E-state index contributed by atoms with van der Waals surface area (Å²) in [4.78, 5) is 40.0. The molecule has 10 nitrogen and oxygen atoms in total. The third-order valence-electron chi connectivity index (χ3n) is 6.81. The number of ether oxygens (including phenoxy) is 2. The minimum atomic E-state index is -0.644. The largest absolute Gasteiger partial charge is 0.497 e. The molecule has 1 aliphatic rings. The highest BCUT2D eigenvalue weighted by Gasteiger charge is 2.30. The van der Waals surface area contributed by atoms with Crippen molar-refractivity contribution in [1.29, 1.82) is 0 Å². The zero-order valence-corrected chi connectivity index (χ0v) is 25.4. The molecule has 0 saturated carbocycles. The molecule has 2 heterocycles. The summed E-state index contributed by atoms with van der Waals surface area (Å²) in [6.07, 6.45) is 2.61. The number of hydrogen-bond donors (Lipinski definition) is 2. The first-order valence-corrected chi connectivity index (χ1v) is 15.4. The Morgan fingerprint density at radius 3 is 2.67 bits per heavy atom. The second-order valence-corrected chi connectivity index (χ2v) is 12.1. The lowest BCUT2D eigenvalue weighted by Gasteiger charge is -2.14. The number of carbonyl (C=O) groups is 3. The Bertz CT molecular complexity index is 1650. The van der Waals surface area contributed by atoms with Gasteiger partial charge in [0.15, 0.2) is 11.0 Å². The van der Waals surface area contributed by atoms with Crippen LogP contribution in [0.3, 0.4) is 0 Å². The molecule has 4 aromatic rings. The predicted octanol–water partition coefficient (Wildman–Crippen LogP) is 5.19. The third-order valence-corrected chi connectivity index (χ3v) is 9.06. The number of nitrogens with one attached hydrogen (secondary N) is 2. The highest BCUT2D eigenvalue weighted by atomic mass is 32.2. The number of benzene rings is 2. The lowest BCUT2D eigenvalue weighted by molar-refractivity contribution is -0.115. The molecule has 0 radical (unpaired) electrons. The summed E-state index contributed by atoms with van der Waals surface area (Å²) in [6.45, 7) is 3.73. The summed E-state index contributed by atoms with van der Waals surface area (Å²) in [5.41, 5.74) is 2.37. The Morgan fingerprint density at radius 2 is 1.93 bits per heavy atom. The number of carbonyl (C=O) groups excluding carboxylic acids is 3. The van der Waals surface area contributed by atoms with Crippen LogP contribution in [0, 0.1) is 5.82 Å². The molecular formula is C30H30FN5O5S2. The molecule has 1 atom stereocenters. The first kappa shape index (κ1) is 30.2. The monoisotopic (exact) mass is 623 g/mol. The molecule has 2 amide bonds. The van der Waals surface area contributed by atoms with Gasteiger partial charge in [0.25, 0.3) is 5.91 Å². The van der Waals surface area contributed by atoms with Crippen LogP contribution in [-0.4, -0.2) is 51.5 Å². The van der Waals surface area contributed by atoms with Gasteiger partial charge in [-0.2, -0.15) is 0 Å². The molecule has 2 N–H and O–H groups in total. The molecule has 1 aliphatic carbocycles. The number of aryl methyl sites for hydroxylation is 1. The number of fused-ring (bicyclic) bond motifs is 1. The van der Waals surface area contributed by atoms with Crippen molar-refractivity contribution in [2.75, 3.05) is 19.0 Å². The maximum Gasteiger partial charge on any atom is 0.341 e. The maximum atomic E-state index is 13.8. The first-order chi connectivity index (χ1) is 20.8. The fourth-order valence-corrected chi connectivity index (χ4v) is 6.87. The van der Waals surface area contributed by atoms with Crippen molar-refractivity contribution in [1.82, 2.24) is 20.1 Å². The lowest BCUT2D eigenvalue weighted by Crippen LogP contribution is -2.25. The molecule has 43 heavy (non-hydrogen) atoms. The van der Waals surface area contributed by atoms with Crippen LogP contribution in [0.2, 0.25) is 0 Å². The van der Waals surface area contributed by atoms with Gasteiger partial charge >= 0.3 is 5.97 Å². The molecule has 2 aromatic heterocycles. The number of anilines is 1. The van der Waals surface area contributed by atoms with Gasteiger partial charge in [0.05, 0.1) is 31.1 Å². The van der Waals surface area contributed by atoms with Crippen LogP contribution in [0.15, 0.2) is 53.7 Å². The molecule has 0 spiro atoms. The lowest BCUT2D eigenvalue weighted by atomic mass is 10.1. The number of thiophene rings is 1. The van der Waals surface area contributed by atoms with Gasteiger partial charge in [0.1, 0.15) is 16.6 Å². The van der Waals surface area contributed by atoms with E-state index < -0.39 is 17.0 Å². The van der Waals surface area contributed by atoms with Crippen LogP contribution in [-0.2, 0) is 28.9 Å². The Morgan fingerprint density at radius 1 is 1.14 bits per heavy atom. The number of thioether (sulfide) groups is 1. The molecule has 5 rings (SSSR count). The Hall–Kier alpha value is -4.23. The van der Waals surface area contributed by atoms with E-state index in [-0.39, 0.29) is 25.0 Å². The van der Waals surface area contributed by atoms with Crippen molar-refractivity contribution in [3.8, 4) is 11.4 Å². The molecule has 0 saturated heterocycles. The summed E-state index contributed by atoms with van der Waals surface area (Å²) in [6, 6.07) is 12.5. The summed E-state index contributed by atoms with van der Waals surface area (Å²) < 4.78 is 25.9. The van der Waals surface area contributed by atoms with E-state index in [1.165, 1.54) is 30.6 Å². The van der Waals surface area contributed by atoms with Gasteiger partial charge in [-0.05, 0) is 81.1 Å². The SMILES string of the molecule is CCOC(=O)c1c(NC(=O)[C@@H](C)Sc2nnc(CNC(=O)c3cccc(OC)c3)n2-c2ccc(F)cc2)sc2c1CCC2. The average Bonchev–Trinajstić information content (AvgIpc) is 3.71. The van der Waals surface area contributed by atoms with Gasteiger partial charge in [-0.3, -0.25) is 14.2 Å². The van der Waals surface area contributed by atoms with Crippen LogP contribution in [0.5, 0.6) is 5.75 Å². The van der Waals surface area contributed by atoms with Crippen molar-refractivity contribution in [2.45, 2.75) is 50.1 Å². The zero-order valence-electron chi connectivity index (χ0n) is 23.8. The summed E-state index contributed by atoms with van der Waals surface area (Å²) in [5, 5.41) is 14.5. The van der Waals surface area contributed by atoms with Crippen molar-refractivity contribution >= 4 is 45.9 Å². The highest BCUT2D eigenvalue weighted by Crippen LogP contribution is 2.40. The number of aromatic nitrogens is 3. The van der Waals surface area contributed by atoms with Crippen molar-refractivity contribution < 1.29 is 28.2 Å². The van der Waals surface area contributed by atoms with E-state index in [9.17, 15) is 18.8 Å². The van der Waals surface area contributed by atoms with Gasteiger partial charge in [-0.15, -0.1) is 21.5 Å². The van der Waals surface area contributed by atoms with E-state index >= 15 is 0 Å². The number of halogens is 1. The van der Waals surface area contributed by atoms with Crippen LogP contribution < -0.4 is 15.4 Å². The molecule has 13 heteroatoms. The minimum absolute atomic E-state index is 0.0191. The van der Waals surface area contributed by atoms with E-state index in [2.05, 4.69) is 20.8 Å². The third kappa shape index (κ3) is 6.73. The molecule has 0 fully saturated rings. The molecule has 0 unspecified atom stereocenters. The molecule has 0 aliphatic heterocycles.